The number of quaternary nitrogens is 1. The van der Waals surface area contributed by atoms with Crippen LogP contribution in [0.1, 0.15) is 284 Å². The van der Waals surface area contributed by atoms with Crippen LogP contribution in [0, 0.1) is 0 Å². The predicted molar refractivity (Wildman–Crippen MR) is 295 cm³/mol. The first kappa shape index (κ1) is 66.7. The Morgan fingerprint density at radius 2 is 0.838 bits per heavy atom. The molecule has 402 valence electrons. The normalized spacial score (nSPS) is 14.2. The summed E-state index contributed by atoms with van der Waals surface area (Å²) in [6.07, 6.45) is 65.4. The van der Waals surface area contributed by atoms with Crippen LogP contribution in [0.25, 0.3) is 0 Å². The van der Waals surface area contributed by atoms with Crippen LogP contribution < -0.4 is 5.32 Å². The number of carbonyl (C=O) groups is 1. The fraction of sp³-hybridized carbons (Fsp3) is 0.881. The van der Waals surface area contributed by atoms with Gasteiger partial charge < -0.3 is 19.8 Å². The van der Waals surface area contributed by atoms with E-state index < -0.39 is 20.0 Å². The third kappa shape index (κ3) is 52.5. The van der Waals surface area contributed by atoms with Gasteiger partial charge in [-0.1, -0.05) is 262 Å². The van der Waals surface area contributed by atoms with Gasteiger partial charge in [-0.3, -0.25) is 13.8 Å². The first-order valence-corrected chi connectivity index (χ1v) is 30.9. The SMILES string of the molecule is CCCCCCCCCCC/C=C\C/C=C\CCCCCCCCCCCCCCCCCC(=O)NC(COP(=O)(O)OCC[N+](C)(C)C)C(O)/C=C/CCCCCCCCCCCCCCC. The maximum absolute atomic E-state index is 13.0. The molecule has 1 amide bonds. The molecular formula is C59H116N2O6P+. The van der Waals surface area contributed by atoms with Crippen molar-refractivity contribution < 1.29 is 32.9 Å². The van der Waals surface area contributed by atoms with Crippen LogP contribution in [0.15, 0.2) is 36.5 Å². The summed E-state index contributed by atoms with van der Waals surface area (Å²) in [4.78, 5) is 23.3. The van der Waals surface area contributed by atoms with Crippen LogP contribution in [0.3, 0.4) is 0 Å². The summed E-state index contributed by atoms with van der Waals surface area (Å²) in [5.41, 5.74) is 0. The molecule has 3 N–H and O–H groups in total. The van der Waals surface area contributed by atoms with Crippen molar-refractivity contribution in [1.82, 2.24) is 5.32 Å². The summed E-state index contributed by atoms with van der Waals surface area (Å²) in [5.74, 6) is -0.174. The van der Waals surface area contributed by atoms with Crippen molar-refractivity contribution in [2.24, 2.45) is 0 Å². The zero-order valence-electron chi connectivity index (χ0n) is 45.9. The van der Waals surface area contributed by atoms with Gasteiger partial charge in [0, 0.05) is 6.42 Å². The van der Waals surface area contributed by atoms with Gasteiger partial charge in [-0.15, -0.1) is 0 Å². The molecule has 0 aromatic heterocycles. The maximum atomic E-state index is 13.0. The molecule has 0 aliphatic carbocycles. The Balaban J connectivity index is 4.07. The van der Waals surface area contributed by atoms with E-state index in [0.717, 1.165) is 44.9 Å². The summed E-state index contributed by atoms with van der Waals surface area (Å²) in [6, 6.07) is -0.845. The van der Waals surface area contributed by atoms with Crippen molar-refractivity contribution in [3.8, 4) is 0 Å². The first-order valence-electron chi connectivity index (χ1n) is 29.4. The molecule has 0 radical (unpaired) electrons. The smallest absolute Gasteiger partial charge is 0.387 e. The lowest BCUT2D eigenvalue weighted by Crippen LogP contribution is -2.45. The molecule has 0 spiro atoms. The summed E-state index contributed by atoms with van der Waals surface area (Å²) < 4.78 is 23.7. The second kappa shape index (κ2) is 50.7. The van der Waals surface area contributed by atoms with Crippen molar-refractivity contribution in [2.45, 2.75) is 296 Å². The molecule has 9 heteroatoms. The third-order valence-electron chi connectivity index (χ3n) is 13.4. The Bertz CT molecular complexity index is 1200. The Labute approximate surface area is 423 Å². The molecular weight excluding hydrogens is 864 g/mol. The van der Waals surface area contributed by atoms with Crippen molar-refractivity contribution in [2.75, 3.05) is 40.9 Å². The molecule has 0 bridgehead atoms. The van der Waals surface area contributed by atoms with Crippen LogP contribution >= 0.6 is 7.82 Å². The Morgan fingerprint density at radius 1 is 0.500 bits per heavy atom. The molecule has 0 saturated carbocycles. The minimum Gasteiger partial charge on any atom is -0.387 e. The Kier molecular flexibility index (Phi) is 49.7. The molecule has 3 atom stereocenters. The largest absolute Gasteiger partial charge is 0.472 e. The molecule has 0 aliphatic heterocycles. The minimum absolute atomic E-state index is 0.0625. The van der Waals surface area contributed by atoms with Gasteiger partial charge >= 0.3 is 7.82 Å². The zero-order valence-corrected chi connectivity index (χ0v) is 46.8. The van der Waals surface area contributed by atoms with E-state index in [1.807, 2.05) is 27.2 Å². The Hall–Kier alpha value is -1.28. The number of hydrogen-bond acceptors (Lipinski definition) is 5. The van der Waals surface area contributed by atoms with Crippen molar-refractivity contribution in [3.05, 3.63) is 36.5 Å². The van der Waals surface area contributed by atoms with Gasteiger partial charge in [0.2, 0.25) is 5.91 Å². The van der Waals surface area contributed by atoms with E-state index in [1.165, 1.54) is 218 Å². The lowest BCUT2D eigenvalue weighted by atomic mass is 10.0. The first-order chi connectivity index (χ1) is 33.0. The molecule has 8 nitrogen and oxygen atoms in total. The van der Waals surface area contributed by atoms with E-state index in [4.69, 9.17) is 9.05 Å². The molecule has 0 aromatic carbocycles. The number of aliphatic hydroxyl groups excluding tert-OH is 1. The number of hydrogen-bond donors (Lipinski definition) is 3. The molecule has 0 rings (SSSR count). The van der Waals surface area contributed by atoms with E-state index in [1.54, 1.807) is 6.08 Å². The summed E-state index contributed by atoms with van der Waals surface area (Å²) in [5, 5.41) is 13.9. The van der Waals surface area contributed by atoms with Gasteiger partial charge in [-0.05, 0) is 51.4 Å². The van der Waals surface area contributed by atoms with Crippen LogP contribution in [-0.4, -0.2) is 73.4 Å². The number of phosphoric acid groups is 1. The third-order valence-corrected chi connectivity index (χ3v) is 14.3. The van der Waals surface area contributed by atoms with Gasteiger partial charge in [0.1, 0.15) is 13.2 Å². The predicted octanol–water partition coefficient (Wildman–Crippen LogP) is 17.8. The van der Waals surface area contributed by atoms with Gasteiger partial charge in [-0.2, -0.15) is 0 Å². The summed E-state index contributed by atoms with van der Waals surface area (Å²) in [7, 11) is 1.58. The van der Waals surface area contributed by atoms with Crippen LogP contribution in [-0.2, 0) is 18.4 Å². The average molecular weight is 981 g/mol. The number of aliphatic hydroxyl groups is 1. The van der Waals surface area contributed by atoms with Gasteiger partial charge in [-0.25, -0.2) is 4.57 Å². The fourth-order valence-corrected chi connectivity index (χ4v) is 9.46. The Morgan fingerprint density at radius 3 is 1.21 bits per heavy atom. The molecule has 0 saturated heterocycles. The van der Waals surface area contributed by atoms with E-state index >= 15 is 0 Å². The van der Waals surface area contributed by atoms with E-state index in [-0.39, 0.29) is 19.1 Å². The van der Waals surface area contributed by atoms with Crippen LogP contribution in [0.2, 0.25) is 0 Å². The van der Waals surface area contributed by atoms with Crippen LogP contribution in [0.5, 0.6) is 0 Å². The van der Waals surface area contributed by atoms with E-state index in [0.29, 0.717) is 17.4 Å². The van der Waals surface area contributed by atoms with Crippen molar-refractivity contribution in [1.29, 1.82) is 0 Å². The molecule has 0 aromatic rings. The number of phosphoric ester groups is 1. The monoisotopic (exact) mass is 980 g/mol. The molecule has 0 aliphatic rings. The second-order valence-corrected chi connectivity index (χ2v) is 22.8. The number of carbonyl (C=O) groups excluding carboxylic acids is 1. The highest BCUT2D eigenvalue weighted by Gasteiger charge is 2.27. The lowest BCUT2D eigenvalue weighted by molar-refractivity contribution is -0.870. The number of rotatable bonds is 54. The molecule has 0 heterocycles. The second-order valence-electron chi connectivity index (χ2n) is 21.4. The van der Waals surface area contributed by atoms with Gasteiger partial charge in [0.15, 0.2) is 0 Å². The quantitative estimate of drug-likeness (QED) is 0.0243. The standard InChI is InChI=1S/C59H115N2O6P/c1-6-8-10-12-14-16-18-20-22-23-24-25-26-27-28-29-30-31-32-33-34-35-36-37-39-41-43-45-47-49-51-53-59(63)60-57(56-67-68(64,65)66-55-54-61(3,4)5)58(62)52-50-48-46-44-42-40-38-21-19-17-15-13-11-9-7-2/h24-25,27-28,50,52,57-58,62H,6-23,26,29-49,51,53-56H2,1-5H3,(H-,60,63,64,65)/p+1/b25-24-,28-27-,52-50+. The summed E-state index contributed by atoms with van der Waals surface area (Å²) in [6.45, 7) is 4.84. The minimum atomic E-state index is -4.34. The molecule has 3 unspecified atom stereocenters. The number of unbranched alkanes of at least 4 members (excludes halogenated alkanes) is 37. The fourth-order valence-electron chi connectivity index (χ4n) is 8.72. The van der Waals surface area contributed by atoms with Crippen LogP contribution in [0.4, 0.5) is 0 Å². The van der Waals surface area contributed by atoms with E-state index in [9.17, 15) is 19.4 Å². The highest BCUT2D eigenvalue weighted by Crippen LogP contribution is 2.43. The summed E-state index contributed by atoms with van der Waals surface area (Å²) >= 11 is 0. The number of amides is 1. The number of nitrogens with zero attached hydrogens (tertiary/aromatic N) is 1. The van der Waals surface area contributed by atoms with Gasteiger partial charge in [0.05, 0.1) is 39.9 Å². The zero-order chi connectivity index (χ0) is 49.9. The number of allylic oxidation sites excluding steroid dienone is 5. The van der Waals surface area contributed by atoms with E-state index in [2.05, 4.69) is 43.5 Å². The average Bonchev–Trinajstić information content (AvgIpc) is 3.30. The number of likely N-dealkylation sites (N-methyl/N-ethyl adjacent to an activating group) is 1. The molecule has 68 heavy (non-hydrogen) atoms. The van der Waals surface area contributed by atoms with Crippen molar-refractivity contribution >= 4 is 13.7 Å². The maximum Gasteiger partial charge on any atom is 0.472 e. The highest BCUT2D eigenvalue weighted by atomic mass is 31.2. The van der Waals surface area contributed by atoms with Crippen molar-refractivity contribution in [3.63, 3.8) is 0 Å². The van der Waals surface area contributed by atoms with Gasteiger partial charge in [0.25, 0.3) is 0 Å². The topological polar surface area (TPSA) is 105 Å². The lowest BCUT2D eigenvalue weighted by Gasteiger charge is -2.25. The molecule has 0 fully saturated rings. The number of nitrogens with one attached hydrogen (secondary N) is 1. The highest BCUT2D eigenvalue weighted by molar-refractivity contribution is 7.47.